The van der Waals surface area contributed by atoms with Crippen LogP contribution in [0.25, 0.3) is 0 Å². The topological polar surface area (TPSA) is 35.5 Å². The van der Waals surface area contributed by atoms with E-state index in [-0.39, 0.29) is 0 Å². The van der Waals surface area contributed by atoms with Gasteiger partial charge in [-0.1, -0.05) is 11.6 Å². The first-order valence-corrected chi connectivity index (χ1v) is 5.78. The third kappa shape index (κ3) is 1.73. The summed E-state index contributed by atoms with van der Waals surface area (Å²) in [5, 5.41) is 0.494. The van der Waals surface area contributed by atoms with E-state index in [9.17, 15) is 4.79 Å². The Morgan fingerprint density at radius 2 is 2.08 bits per heavy atom. The third-order valence-corrected chi connectivity index (χ3v) is 2.79. The fourth-order valence-corrected chi connectivity index (χ4v) is 2.10. The summed E-state index contributed by atoms with van der Waals surface area (Å²) in [6, 6.07) is 4.67. The monoisotopic (exact) mass is 236 g/mol. The van der Waals surface area contributed by atoms with E-state index in [4.69, 9.17) is 27.4 Å². The molecule has 0 saturated carbocycles. The second kappa shape index (κ2) is 3.33. The van der Waals surface area contributed by atoms with Gasteiger partial charge in [0, 0.05) is 11.1 Å². The van der Waals surface area contributed by atoms with Gasteiger partial charge in [-0.25, -0.2) is 4.79 Å². The Hall–Kier alpha value is -0.500. The lowest BCUT2D eigenvalue weighted by Crippen LogP contribution is -2.09. The lowest BCUT2D eigenvalue weighted by atomic mass is 10.2. The van der Waals surface area contributed by atoms with Crippen molar-refractivity contribution in [3.05, 3.63) is 28.8 Å². The van der Waals surface area contributed by atoms with Crippen molar-refractivity contribution in [2.24, 2.45) is 0 Å². The van der Waals surface area contributed by atoms with Gasteiger partial charge >= 0.3 is 13.7 Å². The van der Waals surface area contributed by atoms with Crippen LogP contribution in [0.2, 0.25) is 5.02 Å². The summed E-state index contributed by atoms with van der Waals surface area (Å²) in [6.45, 7) is 0. The molecule has 1 aromatic rings. The van der Waals surface area contributed by atoms with Crippen molar-refractivity contribution >= 4 is 36.5 Å². The van der Waals surface area contributed by atoms with Crippen molar-refractivity contribution in [2.45, 2.75) is 0 Å². The van der Waals surface area contributed by atoms with Gasteiger partial charge in [0.15, 0.2) is 0 Å². The van der Waals surface area contributed by atoms with Crippen molar-refractivity contribution in [3.63, 3.8) is 0 Å². The molecule has 0 spiro atoms. The standard InChI is InChI=1S/C7H3Cl2O3P/c8-4-1-2-5-6(3-4)11-13(9)12-7(5)10/h1-3H. The highest BCUT2D eigenvalue weighted by Gasteiger charge is 2.27. The Balaban J connectivity index is 2.49. The van der Waals surface area contributed by atoms with Crippen LogP contribution in [0.15, 0.2) is 18.2 Å². The van der Waals surface area contributed by atoms with Crippen molar-refractivity contribution < 1.29 is 13.8 Å². The number of hydrogen-bond acceptors (Lipinski definition) is 3. The van der Waals surface area contributed by atoms with E-state index >= 15 is 0 Å². The SMILES string of the molecule is O=C1OP(Cl)Oc2cc(Cl)ccc21. The van der Waals surface area contributed by atoms with E-state index in [1.807, 2.05) is 0 Å². The molecule has 0 saturated heterocycles. The predicted octanol–water partition coefficient (Wildman–Crippen LogP) is 3.35. The fourth-order valence-electron chi connectivity index (χ4n) is 0.951. The molecule has 1 heterocycles. The Morgan fingerprint density at radius 1 is 1.31 bits per heavy atom. The summed E-state index contributed by atoms with van der Waals surface area (Å²) >= 11 is 11.3. The molecule has 0 bridgehead atoms. The lowest BCUT2D eigenvalue weighted by molar-refractivity contribution is 0.0728. The summed E-state index contributed by atoms with van der Waals surface area (Å²) in [7, 11) is -1.67. The molecule has 1 unspecified atom stereocenters. The van der Waals surface area contributed by atoms with Crippen molar-refractivity contribution in [2.75, 3.05) is 0 Å². The summed E-state index contributed by atoms with van der Waals surface area (Å²) < 4.78 is 9.76. The van der Waals surface area contributed by atoms with Crippen molar-refractivity contribution in [1.29, 1.82) is 0 Å². The van der Waals surface area contributed by atoms with E-state index in [1.165, 1.54) is 6.07 Å². The molecule has 6 heteroatoms. The zero-order valence-corrected chi connectivity index (χ0v) is 8.57. The van der Waals surface area contributed by atoms with E-state index in [0.717, 1.165) is 0 Å². The highest BCUT2D eigenvalue weighted by atomic mass is 35.7. The molecule has 13 heavy (non-hydrogen) atoms. The van der Waals surface area contributed by atoms with Crippen LogP contribution in [-0.2, 0) is 4.52 Å². The summed E-state index contributed by atoms with van der Waals surface area (Å²) in [5.41, 5.74) is 0.351. The molecule has 0 aromatic heterocycles. The molecular formula is C7H3Cl2O3P. The number of rotatable bonds is 0. The van der Waals surface area contributed by atoms with E-state index in [0.29, 0.717) is 16.3 Å². The van der Waals surface area contributed by atoms with Gasteiger partial charge in [-0.05, 0) is 23.4 Å². The van der Waals surface area contributed by atoms with Gasteiger partial charge in [0.2, 0.25) is 0 Å². The zero-order valence-electron chi connectivity index (χ0n) is 6.16. The number of carbonyl (C=O) groups excluding carboxylic acids is 1. The lowest BCUT2D eigenvalue weighted by Gasteiger charge is -2.18. The maximum atomic E-state index is 11.2. The molecule has 2 rings (SSSR count). The van der Waals surface area contributed by atoms with E-state index in [2.05, 4.69) is 4.52 Å². The van der Waals surface area contributed by atoms with Gasteiger partial charge in [-0.3, -0.25) is 0 Å². The Kier molecular flexibility index (Phi) is 2.33. The second-order valence-corrected chi connectivity index (χ2v) is 4.38. The molecule has 0 radical (unpaired) electrons. The molecule has 1 aliphatic rings. The maximum absolute atomic E-state index is 11.2. The molecule has 68 valence electrons. The first-order chi connectivity index (χ1) is 6.16. The summed E-state index contributed by atoms with van der Waals surface area (Å²) in [4.78, 5) is 11.2. The molecule has 1 aliphatic heterocycles. The van der Waals surface area contributed by atoms with Crippen LogP contribution < -0.4 is 4.52 Å². The number of carbonyl (C=O) groups is 1. The quantitative estimate of drug-likeness (QED) is 0.649. The molecule has 1 aromatic carbocycles. The molecule has 3 nitrogen and oxygen atoms in total. The minimum Gasteiger partial charge on any atom is -0.426 e. The molecule has 1 atom stereocenters. The Labute approximate surface area is 85.3 Å². The first kappa shape index (κ1) is 9.07. The van der Waals surface area contributed by atoms with Crippen LogP contribution >= 0.6 is 30.6 Å². The van der Waals surface area contributed by atoms with Crippen LogP contribution in [0.3, 0.4) is 0 Å². The largest absolute Gasteiger partial charge is 0.426 e. The van der Waals surface area contributed by atoms with E-state index in [1.54, 1.807) is 12.1 Å². The van der Waals surface area contributed by atoms with Gasteiger partial charge in [0.05, 0.1) is 0 Å². The number of hydrogen-bond donors (Lipinski definition) is 0. The predicted molar refractivity (Wildman–Crippen MR) is 50.3 cm³/mol. The van der Waals surface area contributed by atoms with E-state index < -0.39 is 13.7 Å². The van der Waals surface area contributed by atoms with Crippen LogP contribution in [0.4, 0.5) is 0 Å². The maximum Gasteiger partial charge on any atom is 0.403 e. The summed E-state index contributed by atoms with van der Waals surface area (Å²) in [6.07, 6.45) is 0. The molecule has 0 N–H and O–H groups in total. The zero-order chi connectivity index (χ0) is 9.42. The third-order valence-electron chi connectivity index (χ3n) is 1.49. The van der Waals surface area contributed by atoms with Gasteiger partial charge in [0.1, 0.15) is 11.3 Å². The van der Waals surface area contributed by atoms with Crippen LogP contribution in [-0.4, -0.2) is 5.97 Å². The Morgan fingerprint density at radius 3 is 2.85 bits per heavy atom. The molecule has 0 aliphatic carbocycles. The molecule has 0 fully saturated rings. The normalized spacial score (nSPS) is 20.2. The van der Waals surface area contributed by atoms with Crippen LogP contribution in [0, 0.1) is 0 Å². The van der Waals surface area contributed by atoms with Gasteiger partial charge in [-0.2, -0.15) is 0 Å². The Bertz CT molecular complexity index is 369. The smallest absolute Gasteiger partial charge is 0.403 e. The minimum absolute atomic E-state index is 0.351. The highest BCUT2D eigenvalue weighted by molar-refractivity contribution is 7.76. The van der Waals surface area contributed by atoms with Crippen LogP contribution in [0.5, 0.6) is 5.75 Å². The number of benzene rings is 1. The van der Waals surface area contributed by atoms with Gasteiger partial charge in [-0.15, -0.1) is 0 Å². The summed E-state index contributed by atoms with van der Waals surface area (Å²) in [5.74, 6) is -0.0936. The average molecular weight is 237 g/mol. The van der Waals surface area contributed by atoms with Crippen molar-refractivity contribution in [1.82, 2.24) is 0 Å². The second-order valence-electron chi connectivity index (χ2n) is 2.32. The van der Waals surface area contributed by atoms with Crippen molar-refractivity contribution in [3.8, 4) is 5.75 Å². The van der Waals surface area contributed by atoms with Crippen LogP contribution in [0.1, 0.15) is 10.4 Å². The van der Waals surface area contributed by atoms with Gasteiger partial charge < -0.3 is 9.05 Å². The highest BCUT2D eigenvalue weighted by Crippen LogP contribution is 2.50. The number of halogens is 2. The average Bonchev–Trinajstić information content (AvgIpc) is 2.02. The fraction of sp³-hybridized carbons (Fsp3) is 0. The number of fused-ring (bicyclic) bond motifs is 1. The molecular weight excluding hydrogens is 234 g/mol. The first-order valence-electron chi connectivity index (χ1n) is 3.32. The van der Waals surface area contributed by atoms with Gasteiger partial charge in [0.25, 0.3) is 0 Å². The minimum atomic E-state index is -1.67. The molecule has 0 amide bonds.